The molecule has 0 aliphatic rings. The number of rotatable bonds is 9. The van der Waals surface area contributed by atoms with E-state index in [1.807, 2.05) is 18.2 Å². The van der Waals surface area contributed by atoms with Gasteiger partial charge in [-0.15, -0.1) is 0 Å². The summed E-state index contributed by atoms with van der Waals surface area (Å²) in [6, 6.07) is 6.06. The third-order valence-electron chi connectivity index (χ3n) is 2.89. The number of benzene rings is 1. The molecule has 0 amide bonds. The van der Waals surface area contributed by atoms with Gasteiger partial charge < -0.3 is 14.8 Å². The van der Waals surface area contributed by atoms with Gasteiger partial charge in [-0.3, -0.25) is 0 Å². The number of nitrogens with one attached hydrogen (secondary N) is 1. The molecule has 6 heteroatoms. The van der Waals surface area contributed by atoms with Crippen LogP contribution in [0.4, 0.5) is 0 Å². The zero-order chi connectivity index (χ0) is 15.9. The van der Waals surface area contributed by atoms with Crippen LogP contribution >= 0.6 is 0 Å². The van der Waals surface area contributed by atoms with Crippen LogP contribution in [0.15, 0.2) is 18.2 Å². The van der Waals surface area contributed by atoms with Gasteiger partial charge in [-0.25, -0.2) is 8.42 Å². The van der Waals surface area contributed by atoms with E-state index in [9.17, 15) is 8.42 Å². The lowest BCUT2D eigenvalue weighted by atomic mass is 10.2. The average Bonchev–Trinajstić information content (AvgIpc) is 2.40. The van der Waals surface area contributed by atoms with Gasteiger partial charge in [-0.05, 0) is 12.5 Å². The number of hydrogen-bond acceptors (Lipinski definition) is 5. The number of sulfone groups is 1. The molecule has 0 saturated heterocycles. The lowest BCUT2D eigenvalue weighted by molar-refractivity contribution is 0.310. The summed E-state index contributed by atoms with van der Waals surface area (Å²) in [5.74, 6) is 1.59. The topological polar surface area (TPSA) is 64.6 Å². The molecule has 0 radical (unpaired) electrons. The number of methoxy groups -OCH3 is 1. The Morgan fingerprint density at radius 2 is 2.00 bits per heavy atom. The molecule has 0 bridgehead atoms. The molecule has 1 rings (SSSR count). The summed E-state index contributed by atoms with van der Waals surface area (Å²) in [5.41, 5.74) is 1.03. The first kappa shape index (κ1) is 17.8. The van der Waals surface area contributed by atoms with E-state index in [1.54, 1.807) is 7.11 Å². The van der Waals surface area contributed by atoms with Crippen LogP contribution in [-0.2, 0) is 16.4 Å². The molecule has 1 N–H and O–H groups in total. The summed E-state index contributed by atoms with van der Waals surface area (Å²) < 4.78 is 33.1. The molecule has 0 fully saturated rings. The van der Waals surface area contributed by atoms with Crippen molar-refractivity contribution < 1.29 is 17.9 Å². The largest absolute Gasteiger partial charge is 0.497 e. The summed E-state index contributed by atoms with van der Waals surface area (Å²) in [7, 11) is -1.33. The highest BCUT2D eigenvalue weighted by Crippen LogP contribution is 2.25. The average molecular weight is 315 g/mol. The standard InChI is InChI=1S/C15H25NO4S/c1-12(2)16-11-13-6-7-14(19-3)10-15(13)20-8-5-9-21(4,17)18/h6-7,10,12,16H,5,8-9,11H2,1-4H3. The van der Waals surface area contributed by atoms with Gasteiger partial charge in [0.25, 0.3) is 0 Å². The van der Waals surface area contributed by atoms with Gasteiger partial charge in [0.15, 0.2) is 0 Å². The summed E-state index contributed by atoms with van der Waals surface area (Å²) in [6.45, 7) is 5.23. The first-order chi connectivity index (χ1) is 9.81. The molecule has 0 unspecified atom stereocenters. The molecule has 0 aliphatic carbocycles. The molecule has 0 saturated carbocycles. The summed E-state index contributed by atoms with van der Waals surface area (Å²) in [6.07, 6.45) is 1.71. The maximum atomic E-state index is 11.1. The van der Waals surface area contributed by atoms with Crippen molar-refractivity contribution in [1.29, 1.82) is 0 Å². The predicted octanol–water partition coefficient (Wildman–Crippen LogP) is 2.01. The Kier molecular flexibility index (Phi) is 6.98. The van der Waals surface area contributed by atoms with Crippen molar-refractivity contribution in [2.45, 2.75) is 32.9 Å². The summed E-state index contributed by atoms with van der Waals surface area (Å²) in [4.78, 5) is 0. The minimum Gasteiger partial charge on any atom is -0.497 e. The number of ether oxygens (including phenoxy) is 2. The SMILES string of the molecule is COc1ccc(CNC(C)C)c(OCCCS(C)(=O)=O)c1. The van der Waals surface area contributed by atoms with E-state index in [0.29, 0.717) is 25.6 Å². The van der Waals surface area contributed by atoms with Crippen molar-refractivity contribution in [1.82, 2.24) is 5.32 Å². The Hall–Kier alpha value is -1.27. The minimum absolute atomic E-state index is 0.135. The molecule has 120 valence electrons. The molecule has 0 atom stereocenters. The van der Waals surface area contributed by atoms with Gasteiger partial charge >= 0.3 is 0 Å². The van der Waals surface area contributed by atoms with Crippen LogP contribution < -0.4 is 14.8 Å². The molecule has 0 aromatic heterocycles. The molecule has 1 aromatic rings. The van der Waals surface area contributed by atoms with Crippen molar-refractivity contribution >= 4 is 9.84 Å². The van der Waals surface area contributed by atoms with E-state index in [-0.39, 0.29) is 5.75 Å². The molecule has 0 heterocycles. The quantitative estimate of drug-likeness (QED) is 0.706. The van der Waals surface area contributed by atoms with E-state index in [2.05, 4.69) is 19.2 Å². The normalized spacial score (nSPS) is 11.7. The van der Waals surface area contributed by atoms with Crippen LogP contribution in [0, 0.1) is 0 Å². The van der Waals surface area contributed by atoms with Crippen LogP contribution in [-0.4, -0.2) is 40.2 Å². The van der Waals surface area contributed by atoms with Crippen LogP contribution in [0.5, 0.6) is 11.5 Å². The van der Waals surface area contributed by atoms with Crippen molar-refractivity contribution in [3.8, 4) is 11.5 Å². The monoisotopic (exact) mass is 315 g/mol. The van der Waals surface area contributed by atoms with Gasteiger partial charge in [-0.2, -0.15) is 0 Å². The summed E-state index contributed by atoms with van der Waals surface area (Å²) >= 11 is 0. The fraction of sp³-hybridized carbons (Fsp3) is 0.600. The van der Waals surface area contributed by atoms with Crippen molar-refractivity contribution in [2.75, 3.05) is 25.7 Å². The van der Waals surface area contributed by atoms with Crippen LogP contribution in [0.25, 0.3) is 0 Å². The summed E-state index contributed by atoms with van der Waals surface area (Å²) in [5, 5.41) is 3.34. The molecule has 21 heavy (non-hydrogen) atoms. The Morgan fingerprint density at radius 3 is 2.57 bits per heavy atom. The van der Waals surface area contributed by atoms with E-state index in [0.717, 1.165) is 17.1 Å². The third-order valence-corrected chi connectivity index (χ3v) is 3.92. The number of hydrogen-bond donors (Lipinski definition) is 1. The first-order valence-electron chi connectivity index (χ1n) is 7.02. The lowest BCUT2D eigenvalue weighted by Crippen LogP contribution is -2.22. The zero-order valence-electron chi connectivity index (χ0n) is 13.2. The van der Waals surface area contributed by atoms with Crippen molar-refractivity contribution in [3.05, 3.63) is 23.8 Å². The molecule has 5 nitrogen and oxygen atoms in total. The Morgan fingerprint density at radius 1 is 1.29 bits per heavy atom. The van der Waals surface area contributed by atoms with Gasteiger partial charge in [0.05, 0.1) is 19.5 Å². The van der Waals surface area contributed by atoms with E-state index >= 15 is 0 Å². The fourth-order valence-electron chi connectivity index (χ4n) is 1.76. The minimum atomic E-state index is -2.94. The molecule has 0 aliphatic heterocycles. The Labute approximate surface area is 127 Å². The van der Waals surface area contributed by atoms with Crippen molar-refractivity contribution in [2.24, 2.45) is 0 Å². The third kappa shape index (κ3) is 7.34. The van der Waals surface area contributed by atoms with E-state index in [1.165, 1.54) is 6.26 Å². The van der Waals surface area contributed by atoms with Gasteiger partial charge in [0.2, 0.25) is 0 Å². The Balaban J connectivity index is 2.67. The zero-order valence-corrected chi connectivity index (χ0v) is 14.0. The second kappa shape index (κ2) is 8.24. The van der Waals surface area contributed by atoms with Crippen LogP contribution in [0.2, 0.25) is 0 Å². The van der Waals surface area contributed by atoms with E-state index in [4.69, 9.17) is 9.47 Å². The van der Waals surface area contributed by atoms with Crippen molar-refractivity contribution in [3.63, 3.8) is 0 Å². The maximum absolute atomic E-state index is 11.1. The molecular formula is C15H25NO4S. The molecule has 1 aromatic carbocycles. The second-order valence-electron chi connectivity index (χ2n) is 5.34. The predicted molar refractivity (Wildman–Crippen MR) is 84.8 cm³/mol. The highest BCUT2D eigenvalue weighted by atomic mass is 32.2. The Bertz CT molecular complexity index is 541. The van der Waals surface area contributed by atoms with Gasteiger partial charge in [0.1, 0.15) is 21.3 Å². The highest BCUT2D eigenvalue weighted by molar-refractivity contribution is 7.90. The second-order valence-corrected chi connectivity index (χ2v) is 7.60. The highest BCUT2D eigenvalue weighted by Gasteiger charge is 2.08. The van der Waals surface area contributed by atoms with Gasteiger partial charge in [-0.1, -0.05) is 19.9 Å². The molecule has 0 spiro atoms. The lowest BCUT2D eigenvalue weighted by Gasteiger charge is -2.15. The van der Waals surface area contributed by atoms with Gasteiger partial charge in [0, 0.05) is 30.5 Å². The smallest absolute Gasteiger partial charge is 0.147 e. The first-order valence-corrected chi connectivity index (χ1v) is 9.08. The van der Waals surface area contributed by atoms with E-state index < -0.39 is 9.84 Å². The maximum Gasteiger partial charge on any atom is 0.147 e. The van der Waals surface area contributed by atoms with Crippen LogP contribution in [0.1, 0.15) is 25.8 Å². The molecular weight excluding hydrogens is 290 g/mol. The van der Waals surface area contributed by atoms with Crippen LogP contribution in [0.3, 0.4) is 0 Å². The fourth-order valence-corrected chi connectivity index (χ4v) is 2.40.